The minimum Gasteiger partial charge on any atom is -0.390 e. The van der Waals surface area contributed by atoms with Crippen molar-refractivity contribution in [3.63, 3.8) is 0 Å². The van der Waals surface area contributed by atoms with E-state index in [4.69, 9.17) is 0 Å². The van der Waals surface area contributed by atoms with Gasteiger partial charge in [0.1, 0.15) is 12.1 Å². The van der Waals surface area contributed by atoms with Gasteiger partial charge in [0, 0.05) is 31.5 Å². The summed E-state index contributed by atoms with van der Waals surface area (Å²) in [5.74, 6) is -0.289. The number of likely N-dealkylation sites (tertiary alicyclic amines) is 1. The first-order valence-electron chi connectivity index (χ1n) is 13.7. The summed E-state index contributed by atoms with van der Waals surface area (Å²) in [5, 5.41) is 21.4. The van der Waals surface area contributed by atoms with Gasteiger partial charge in [-0.15, -0.1) is 12.4 Å². The number of amides is 3. The van der Waals surface area contributed by atoms with Crippen LogP contribution in [0.2, 0.25) is 0 Å². The lowest BCUT2D eigenvalue weighted by Crippen LogP contribution is -2.55. The van der Waals surface area contributed by atoms with Gasteiger partial charge in [-0.3, -0.25) is 14.4 Å². The summed E-state index contributed by atoms with van der Waals surface area (Å²) in [6.07, 6.45) is 0.864. The monoisotopic (exact) mass is 560 g/mol. The number of carbonyl (C=O) groups is 3. The molecule has 216 valence electrons. The lowest BCUT2D eigenvalue weighted by molar-refractivity contribution is -0.145. The summed E-state index contributed by atoms with van der Waals surface area (Å²) in [4.78, 5) is 41.3. The number of fused-ring (bicyclic) bond motifs is 1. The molecule has 0 aromatic heterocycles. The van der Waals surface area contributed by atoms with Crippen molar-refractivity contribution >= 4 is 40.9 Å². The summed E-state index contributed by atoms with van der Waals surface area (Å²) < 4.78 is 0. The standard InChI is InChI=1S/C30H44N4O4.ClH/c1-20(2)17-31-18-24(35)19-32-27(36)25(16-21-12-13-22-9-6-7-10-23(22)15-21)33-28(37)26-11-8-14-34(26)29(38)30(3,4)5;/h6-7,9-10,12-13,15,20,24-26,31,35H,8,11,14,16-19H2,1-5H3,(H,32,36)(H,33,37);1H/t24?,25-,26+;/m1./s1. The van der Waals surface area contributed by atoms with Gasteiger partial charge in [-0.25, -0.2) is 0 Å². The normalized spacial score (nSPS) is 17.0. The molecule has 2 aromatic rings. The van der Waals surface area contributed by atoms with Gasteiger partial charge in [0.15, 0.2) is 0 Å². The maximum absolute atomic E-state index is 13.4. The first kappa shape index (κ1) is 32.5. The minimum atomic E-state index is -0.841. The predicted octanol–water partition coefficient (Wildman–Crippen LogP) is 3.05. The second-order valence-corrected chi connectivity index (χ2v) is 11.8. The van der Waals surface area contributed by atoms with Gasteiger partial charge in [0.25, 0.3) is 0 Å². The Morgan fingerprint density at radius 1 is 1.03 bits per heavy atom. The van der Waals surface area contributed by atoms with E-state index in [1.54, 1.807) is 4.90 Å². The van der Waals surface area contributed by atoms with Crippen molar-refractivity contribution in [3.8, 4) is 0 Å². The number of benzene rings is 2. The van der Waals surface area contributed by atoms with Crippen LogP contribution in [0, 0.1) is 11.3 Å². The third kappa shape index (κ3) is 9.48. The number of nitrogens with zero attached hydrogens (tertiary/aromatic N) is 1. The molecule has 1 fully saturated rings. The molecule has 0 spiro atoms. The number of halogens is 1. The van der Waals surface area contributed by atoms with E-state index < -0.39 is 23.6 Å². The quantitative estimate of drug-likeness (QED) is 0.338. The predicted molar refractivity (Wildman–Crippen MR) is 158 cm³/mol. The van der Waals surface area contributed by atoms with Crippen molar-refractivity contribution in [2.75, 3.05) is 26.2 Å². The highest BCUT2D eigenvalue weighted by Crippen LogP contribution is 2.26. The highest BCUT2D eigenvalue weighted by molar-refractivity contribution is 5.93. The highest BCUT2D eigenvalue weighted by atomic mass is 35.5. The molecule has 3 atom stereocenters. The van der Waals surface area contributed by atoms with Crippen LogP contribution < -0.4 is 16.0 Å². The smallest absolute Gasteiger partial charge is 0.243 e. The Bertz CT molecular complexity index is 1120. The zero-order valence-corrected chi connectivity index (χ0v) is 24.6. The lowest BCUT2D eigenvalue weighted by atomic mass is 9.94. The number of hydrogen-bond acceptors (Lipinski definition) is 5. The van der Waals surface area contributed by atoms with Crippen molar-refractivity contribution in [3.05, 3.63) is 48.0 Å². The fourth-order valence-electron chi connectivity index (χ4n) is 4.74. The third-order valence-corrected chi connectivity index (χ3v) is 6.79. The molecule has 1 aliphatic rings. The van der Waals surface area contributed by atoms with Crippen molar-refractivity contribution in [1.29, 1.82) is 0 Å². The zero-order chi connectivity index (χ0) is 27.9. The van der Waals surface area contributed by atoms with Crippen LogP contribution in [0.5, 0.6) is 0 Å². The third-order valence-electron chi connectivity index (χ3n) is 6.79. The molecule has 1 saturated heterocycles. The molecular formula is C30H45ClN4O4. The number of rotatable bonds is 11. The molecule has 1 heterocycles. The van der Waals surface area contributed by atoms with E-state index in [2.05, 4.69) is 29.8 Å². The van der Waals surface area contributed by atoms with E-state index in [-0.39, 0.29) is 36.7 Å². The molecular weight excluding hydrogens is 516 g/mol. The molecule has 1 aliphatic heterocycles. The van der Waals surface area contributed by atoms with Crippen LogP contribution in [0.4, 0.5) is 0 Å². The zero-order valence-electron chi connectivity index (χ0n) is 23.8. The number of aliphatic hydroxyl groups excluding tert-OH is 1. The summed E-state index contributed by atoms with van der Waals surface area (Å²) >= 11 is 0. The molecule has 1 unspecified atom stereocenters. The Morgan fingerprint density at radius 2 is 1.72 bits per heavy atom. The summed E-state index contributed by atoms with van der Waals surface area (Å²) in [6, 6.07) is 12.5. The van der Waals surface area contributed by atoms with Gasteiger partial charge in [-0.2, -0.15) is 0 Å². The topological polar surface area (TPSA) is 111 Å². The molecule has 0 aliphatic carbocycles. The van der Waals surface area contributed by atoms with Crippen LogP contribution >= 0.6 is 12.4 Å². The van der Waals surface area contributed by atoms with Crippen molar-refractivity contribution < 1.29 is 19.5 Å². The Labute approximate surface area is 238 Å². The van der Waals surface area contributed by atoms with E-state index in [9.17, 15) is 19.5 Å². The van der Waals surface area contributed by atoms with Gasteiger partial charge in [-0.05, 0) is 41.6 Å². The molecule has 4 N–H and O–H groups in total. The summed E-state index contributed by atoms with van der Waals surface area (Å²) in [5.41, 5.74) is 0.321. The van der Waals surface area contributed by atoms with E-state index in [0.717, 1.165) is 29.3 Å². The molecule has 3 amide bonds. The van der Waals surface area contributed by atoms with E-state index in [1.165, 1.54) is 0 Å². The molecule has 8 nitrogen and oxygen atoms in total. The van der Waals surface area contributed by atoms with Crippen molar-refractivity contribution in [2.24, 2.45) is 11.3 Å². The molecule has 0 bridgehead atoms. The van der Waals surface area contributed by atoms with Gasteiger partial charge in [0.05, 0.1) is 6.10 Å². The fraction of sp³-hybridized carbons (Fsp3) is 0.567. The van der Waals surface area contributed by atoms with Crippen LogP contribution in [0.25, 0.3) is 10.8 Å². The van der Waals surface area contributed by atoms with E-state index >= 15 is 0 Å². The van der Waals surface area contributed by atoms with Gasteiger partial charge in [-0.1, -0.05) is 77.1 Å². The first-order chi connectivity index (χ1) is 18.0. The van der Waals surface area contributed by atoms with Crippen LogP contribution in [0.15, 0.2) is 42.5 Å². The second kappa shape index (κ2) is 14.6. The number of hydrogen-bond donors (Lipinski definition) is 4. The molecule has 0 radical (unpaired) electrons. The highest BCUT2D eigenvalue weighted by Gasteiger charge is 2.39. The van der Waals surface area contributed by atoms with Gasteiger partial charge in [0.2, 0.25) is 17.7 Å². The molecule has 2 aromatic carbocycles. The van der Waals surface area contributed by atoms with Crippen LogP contribution in [0.3, 0.4) is 0 Å². The van der Waals surface area contributed by atoms with Gasteiger partial charge < -0.3 is 26.0 Å². The fourth-order valence-corrected chi connectivity index (χ4v) is 4.74. The van der Waals surface area contributed by atoms with Crippen molar-refractivity contribution in [1.82, 2.24) is 20.9 Å². The largest absolute Gasteiger partial charge is 0.390 e. The Kier molecular flexibility index (Phi) is 12.2. The Morgan fingerprint density at radius 3 is 2.38 bits per heavy atom. The van der Waals surface area contributed by atoms with E-state index in [0.29, 0.717) is 31.8 Å². The first-order valence-corrected chi connectivity index (χ1v) is 13.7. The molecule has 9 heteroatoms. The van der Waals surface area contributed by atoms with E-state index in [1.807, 2.05) is 63.2 Å². The maximum atomic E-state index is 13.4. The van der Waals surface area contributed by atoms with Gasteiger partial charge >= 0.3 is 0 Å². The molecule has 39 heavy (non-hydrogen) atoms. The summed E-state index contributed by atoms with van der Waals surface area (Å²) in [6.45, 7) is 11.5. The SMILES string of the molecule is CC(C)CNCC(O)CNC(=O)[C@@H](Cc1ccc2ccccc2c1)NC(=O)[C@@H]1CCCN1C(=O)C(C)(C)C.Cl. The average molecular weight is 561 g/mol. The molecule has 0 saturated carbocycles. The summed E-state index contributed by atoms with van der Waals surface area (Å²) in [7, 11) is 0. The minimum absolute atomic E-state index is 0. The number of carbonyl (C=O) groups excluding carboxylic acids is 3. The Balaban J connectivity index is 0.00000533. The number of nitrogens with one attached hydrogen (secondary N) is 3. The Hall–Kier alpha value is -2.68. The number of aliphatic hydroxyl groups is 1. The lowest BCUT2D eigenvalue weighted by Gasteiger charge is -2.31. The van der Waals surface area contributed by atoms with Crippen molar-refractivity contribution in [2.45, 2.75) is 72.1 Å². The van der Waals surface area contributed by atoms with Crippen LogP contribution in [-0.4, -0.2) is 72.1 Å². The second-order valence-electron chi connectivity index (χ2n) is 11.8. The van der Waals surface area contributed by atoms with Crippen LogP contribution in [0.1, 0.15) is 53.0 Å². The average Bonchev–Trinajstić information content (AvgIpc) is 3.35. The molecule has 3 rings (SSSR count). The van der Waals surface area contributed by atoms with Crippen LogP contribution in [-0.2, 0) is 20.8 Å². The maximum Gasteiger partial charge on any atom is 0.243 e.